The predicted octanol–water partition coefficient (Wildman–Crippen LogP) is 2.38. The van der Waals surface area contributed by atoms with Gasteiger partial charge in [0.25, 0.3) is 0 Å². The Labute approximate surface area is 80.6 Å². The van der Waals surface area contributed by atoms with Crippen LogP contribution in [0.2, 0.25) is 0 Å². The van der Waals surface area contributed by atoms with E-state index in [1.165, 1.54) is 3.57 Å². The first-order valence-electron chi connectivity index (χ1n) is 3.49. The van der Waals surface area contributed by atoms with Crippen molar-refractivity contribution in [1.82, 2.24) is 10.2 Å². The molecule has 0 aliphatic rings. The fourth-order valence-electron chi connectivity index (χ4n) is 0.825. The van der Waals surface area contributed by atoms with Gasteiger partial charge in [0.15, 0.2) is 0 Å². The molecule has 1 heterocycles. The van der Waals surface area contributed by atoms with Gasteiger partial charge in [-0.05, 0) is 28.7 Å². The van der Waals surface area contributed by atoms with Crippen LogP contribution in [-0.4, -0.2) is 10.2 Å². The van der Waals surface area contributed by atoms with E-state index in [1.54, 1.807) is 6.20 Å². The lowest BCUT2D eigenvalue weighted by atomic mass is 9.92. The first kappa shape index (κ1) is 8.90. The summed E-state index contributed by atoms with van der Waals surface area (Å²) in [5.41, 5.74) is 1.17. The molecule has 11 heavy (non-hydrogen) atoms. The molecule has 0 saturated heterocycles. The quantitative estimate of drug-likeness (QED) is 0.671. The molecular weight excluding hydrogens is 251 g/mol. The van der Waals surface area contributed by atoms with Crippen LogP contribution in [-0.2, 0) is 5.41 Å². The minimum absolute atomic E-state index is 0.102. The molecule has 1 rings (SSSR count). The number of rotatable bonds is 0. The van der Waals surface area contributed by atoms with Gasteiger partial charge in [0.05, 0.1) is 11.9 Å². The van der Waals surface area contributed by atoms with Crippen molar-refractivity contribution in [3.05, 3.63) is 21.5 Å². The largest absolute Gasteiger partial charge is 0.159 e. The first-order chi connectivity index (χ1) is 5.02. The van der Waals surface area contributed by atoms with Gasteiger partial charge in [0.1, 0.15) is 0 Å². The van der Waals surface area contributed by atoms with Gasteiger partial charge < -0.3 is 0 Å². The highest BCUT2D eigenvalue weighted by Crippen LogP contribution is 2.23. The van der Waals surface area contributed by atoms with E-state index in [1.807, 2.05) is 6.07 Å². The van der Waals surface area contributed by atoms with Crippen molar-refractivity contribution in [2.75, 3.05) is 0 Å². The van der Waals surface area contributed by atoms with Crippen LogP contribution < -0.4 is 0 Å². The molecule has 0 amide bonds. The van der Waals surface area contributed by atoms with Crippen LogP contribution >= 0.6 is 22.6 Å². The maximum Gasteiger partial charge on any atom is 0.0817 e. The summed E-state index contributed by atoms with van der Waals surface area (Å²) >= 11 is 2.28. The number of hydrogen-bond donors (Lipinski definition) is 0. The van der Waals surface area contributed by atoms with E-state index in [4.69, 9.17) is 0 Å². The Morgan fingerprint density at radius 3 is 2.36 bits per heavy atom. The summed E-state index contributed by atoms with van der Waals surface area (Å²) in [7, 11) is 0. The zero-order valence-corrected chi connectivity index (χ0v) is 9.08. The van der Waals surface area contributed by atoms with E-state index in [2.05, 4.69) is 53.6 Å². The van der Waals surface area contributed by atoms with E-state index in [0.29, 0.717) is 0 Å². The maximum absolute atomic E-state index is 4.09. The van der Waals surface area contributed by atoms with Gasteiger partial charge in [-0.25, -0.2) is 0 Å². The second-order valence-corrected chi connectivity index (χ2v) is 4.64. The fraction of sp³-hybridized carbons (Fsp3) is 0.500. The van der Waals surface area contributed by atoms with Crippen LogP contribution in [0.1, 0.15) is 26.5 Å². The van der Waals surface area contributed by atoms with Crippen molar-refractivity contribution in [1.29, 1.82) is 0 Å². The van der Waals surface area contributed by atoms with Crippen molar-refractivity contribution in [2.24, 2.45) is 0 Å². The Kier molecular flexibility index (Phi) is 2.47. The van der Waals surface area contributed by atoms with Crippen LogP contribution in [0.3, 0.4) is 0 Å². The summed E-state index contributed by atoms with van der Waals surface area (Å²) in [5, 5.41) is 7.95. The molecule has 0 unspecified atom stereocenters. The molecule has 1 aromatic rings. The summed E-state index contributed by atoms with van der Waals surface area (Å²) in [6, 6.07) is 1.98. The van der Waals surface area contributed by atoms with E-state index in [0.717, 1.165) is 5.69 Å². The smallest absolute Gasteiger partial charge is 0.0817 e. The normalized spacial score (nSPS) is 11.6. The van der Waals surface area contributed by atoms with E-state index in [-0.39, 0.29) is 5.41 Å². The highest BCUT2D eigenvalue weighted by atomic mass is 127. The van der Waals surface area contributed by atoms with Gasteiger partial charge in [0.2, 0.25) is 0 Å². The Morgan fingerprint density at radius 2 is 2.00 bits per heavy atom. The molecule has 60 valence electrons. The average Bonchev–Trinajstić information content (AvgIpc) is 1.86. The molecule has 0 spiro atoms. The maximum atomic E-state index is 4.09. The lowest BCUT2D eigenvalue weighted by Gasteiger charge is -2.17. The van der Waals surface area contributed by atoms with Gasteiger partial charge in [-0.2, -0.15) is 10.2 Å². The Balaban J connectivity index is 3.14. The van der Waals surface area contributed by atoms with Gasteiger partial charge in [-0.3, -0.25) is 0 Å². The van der Waals surface area contributed by atoms with Crippen molar-refractivity contribution in [2.45, 2.75) is 26.2 Å². The number of hydrogen-bond acceptors (Lipinski definition) is 2. The zero-order valence-electron chi connectivity index (χ0n) is 6.93. The van der Waals surface area contributed by atoms with Crippen LogP contribution in [0.5, 0.6) is 0 Å². The minimum atomic E-state index is 0.102. The number of aromatic nitrogens is 2. The molecule has 0 radical (unpaired) electrons. The van der Waals surface area contributed by atoms with Crippen molar-refractivity contribution in [3.63, 3.8) is 0 Å². The summed E-state index contributed by atoms with van der Waals surface area (Å²) < 4.78 is 1.19. The second-order valence-electron chi connectivity index (χ2n) is 3.48. The summed E-state index contributed by atoms with van der Waals surface area (Å²) in [4.78, 5) is 0. The third-order valence-electron chi connectivity index (χ3n) is 1.38. The monoisotopic (exact) mass is 262 g/mol. The third-order valence-corrected chi connectivity index (χ3v) is 2.25. The molecule has 0 N–H and O–H groups in total. The van der Waals surface area contributed by atoms with Gasteiger partial charge in [0, 0.05) is 8.99 Å². The molecule has 0 bridgehead atoms. The Morgan fingerprint density at radius 1 is 1.36 bits per heavy atom. The van der Waals surface area contributed by atoms with Crippen molar-refractivity contribution < 1.29 is 0 Å². The zero-order chi connectivity index (χ0) is 8.48. The highest BCUT2D eigenvalue weighted by molar-refractivity contribution is 14.1. The van der Waals surface area contributed by atoms with Crippen molar-refractivity contribution in [3.8, 4) is 0 Å². The topological polar surface area (TPSA) is 25.8 Å². The summed E-state index contributed by atoms with van der Waals surface area (Å²) in [5.74, 6) is 0. The highest BCUT2D eigenvalue weighted by Gasteiger charge is 2.18. The molecule has 0 aliphatic carbocycles. The lowest BCUT2D eigenvalue weighted by Crippen LogP contribution is -2.16. The molecular formula is C8H11IN2. The average molecular weight is 262 g/mol. The van der Waals surface area contributed by atoms with E-state index < -0.39 is 0 Å². The van der Waals surface area contributed by atoms with Crippen LogP contribution in [0, 0.1) is 3.57 Å². The van der Waals surface area contributed by atoms with Gasteiger partial charge >= 0.3 is 0 Å². The molecule has 0 atom stereocenters. The summed E-state index contributed by atoms with van der Waals surface area (Å²) in [6.45, 7) is 6.41. The molecule has 0 fully saturated rings. The van der Waals surface area contributed by atoms with Crippen LogP contribution in [0.15, 0.2) is 12.3 Å². The van der Waals surface area contributed by atoms with Crippen LogP contribution in [0.25, 0.3) is 0 Å². The Bertz CT molecular complexity index is 253. The van der Waals surface area contributed by atoms with Crippen molar-refractivity contribution >= 4 is 22.6 Å². The van der Waals surface area contributed by atoms with Crippen LogP contribution in [0.4, 0.5) is 0 Å². The van der Waals surface area contributed by atoms with Gasteiger partial charge in [-0.15, -0.1) is 0 Å². The second kappa shape index (κ2) is 3.05. The molecule has 1 aromatic heterocycles. The van der Waals surface area contributed by atoms with E-state index in [9.17, 15) is 0 Å². The third kappa shape index (κ3) is 2.12. The standard InChI is InChI=1S/C8H11IN2/c1-8(2,3)7-6(9)4-5-10-11-7/h4-5H,1-3H3. The lowest BCUT2D eigenvalue weighted by molar-refractivity contribution is 0.554. The predicted molar refractivity (Wildman–Crippen MR) is 53.4 cm³/mol. The molecule has 3 heteroatoms. The molecule has 2 nitrogen and oxygen atoms in total. The molecule has 0 aliphatic heterocycles. The SMILES string of the molecule is CC(C)(C)c1nnccc1I. The molecule has 0 saturated carbocycles. The number of nitrogens with zero attached hydrogens (tertiary/aromatic N) is 2. The first-order valence-corrected chi connectivity index (χ1v) is 4.57. The summed E-state index contributed by atoms with van der Waals surface area (Å²) in [6.07, 6.45) is 1.72. The number of halogens is 1. The van der Waals surface area contributed by atoms with Gasteiger partial charge in [-0.1, -0.05) is 20.8 Å². The minimum Gasteiger partial charge on any atom is -0.159 e. The fourth-order valence-corrected chi connectivity index (χ4v) is 1.90. The van der Waals surface area contributed by atoms with E-state index >= 15 is 0 Å². The Hall–Kier alpha value is -0.190. The molecule has 0 aromatic carbocycles.